The van der Waals surface area contributed by atoms with Crippen LogP contribution in [-0.2, 0) is 0 Å². The van der Waals surface area contributed by atoms with E-state index < -0.39 is 0 Å². The predicted octanol–water partition coefficient (Wildman–Crippen LogP) is 2.26. The van der Waals surface area contributed by atoms with Crippen LogP contribution in [0.15, 0.2) is 24.3 Å². The zero-order chi connectivity index (χ0) is 15.4. The zero-order valence-corrected chi connectivity index (χ0v) is 13.2. The number of nitrogens with one attached hydrogen (secondary N) is 1. The van der Waals surface area contributed by atoms with Crippen molar-refractivity contribution < 1.29 is 4.79 Å². The van der Waals surface area contributed by atoms with E-state index in [9.17, 15) is 4.79 Å². The standard InChI is InChI=1S/C16H26N4O/c1-12(17)13-6-8-14(9-7-13)18-16(21)20(3)15-5-4-10-19(2)11-15/h6-9,12,15H,4-5,10-11,17H2,1-3H3,(H,18,21). The van der Waals surface area contributed by atoms with Crippen molar-refractivity contribution in [1.82, 2.24) is 9.80 Å². The first-order valence-electron chi connectivity index (χ1n) is 7.55. The highest BCUT2D eigenvalue weighted by Crippen LogP contribution is 2.17. The lowest BCUT2D eigenvalue weighted by Crippen LogP contribution is -2.48. The maximum Gasteiger partial charge on any atom is 0.321 e. The van der Waals surface area contributed by atoms with Gasteiger partial charge in [-0.25, -0.2) is 4.79 Å². The van der Waals surface area contributed by atoms with Gasteiger partial charge in [-0.15, -0.1) is 0 Å². The minimum absolute atomic E-state index is 0.00945. The highest BCUT2D eigenvalue weighted by atomic mass is 16.2. The number of benzene rings is 1. The van der Waals surface area contributed by atoms with Gasteiger partial charge in [-0.3, -0.25) is 0 Å². The Morgan fingerprint density at radius 3 is 2.67 bits per heavy atom. The van der Waals surface area contributed by atoms with Crippen LogP contribution in [0.1, 0.15) is 31.4 Å². The van der Waals surface area contributed by atoms with Crippen molar-refractivity contribution in [1.29, 1.82) is 0 Å². The molecule has 0 aromatic heterocycles. The molecule has 2 amide bonds. The van der Waals surface area contributed by atoms with E-state index in [0.717, 1.165) is 37.2 Å². The summed E-state index contributed by atoms with van der Waals surface area (Å²) in [6.07, 6.45) is 2.21. The molecule has 116 valence electrons. The van der Waals surface area contributed by atoms with Crippen LogP contribution in [0.3, 0.4) is 0 Å². The molecule has 1 aromatic carbocycles. The molecule has 1 fully saturated rings. The Hall–Kier alpha value is -1.59. The van der Waals surface area contributed by atoms with E-state index >= 15 is 0 Å². The summed E-state index contributed by atoms with van der Waals surface area (Å²) in [6, 6.07) is 7.95. The molecule has 1 heterocycles. The van der Waals surface area contributed by atoms with E-state index in [1.165, 1.54) is 0 Å². The van der Waals surface area contributed by atoms with Crippen molar-refractivity contribution in [3.05, 3.63) is 29.8 Å². The van der Waals surface area contributed by atoms with Crippen molar-refractivity contribution in [3.63, 3.8) is 0 Å². The lowest BCUT2D eigenvalue weighted by atomic mass is 10.1. The van der Waals surface area contributed by atoms with Gasteiger partial charge in [0.25, 0.3) is 0 Å². The fourth-order valence-corrected chi connectivity index (χ4v) is 2.70. The second-order valence-corrected chi connectivity index (χ2v) is 6.01. The van der Waals surface area contributed by atoms with Crippen LogP contribution in [-0.4, -0.2) is 49.1 Å². The van der Waals surface area contributed by atoms with Gasteiger partial charge in [-0.1, -0.05) is 12.1 Å². The molecule has 2 unspecified atom stereocenters. The summed E-state index contributed by atoms with van der Waals surface area (Å²) in [5.41, 5.74) is 7.69. The molecule has 1 aliphatic rings. The maximum absolute atomic E-state index is 12.3. The van der Waals surface area contributed by atoms with E-state index in [1.807, 2.05) is 43.1 Å². The van der Waals surface area contributed by atoms with E-state index in [1.54, 1.807) is 0 Å². The number of piperidine rings is 1. The summed E-state index contributed by atoms with van der Waals surface area (Å²) in [4.78, 5) is 16.4. The third kappa shape index (κ3) is 4.19. The Kier molecular flexibility index (Phi) is 5.20. The lowest BCUT2D eigenvalue weighted by molar-refractivity contribution is 0.148. The van der Waals surface area contributed by atoms with Gasteiger partial charge in [0.15, 0.2) is 0 Å². The number of urea groups is 1. The number of carbonyl (C=O) groups is 1. The fourth-order valence-electron chi connectivity index (χ4n) is 2.70. The second-order valence-electron chi connectivity index (χ2n) is 6.01. The molecule has 21 heavy (non-hydrogen) atoms. The number of carbonyl (C=O) groups excluding carboxylic acids is 1. The number of rotatable bonds is 3. The van der Waals surface area contributed by atoms with Crippen molar-refractivity contribution in [2.75, 3.05) is 32.5 Å². The monoisotopic (exact) mass is 290 g/mol. The molecular weight excluding hydrogens is 264 g/mol. The van der Waals surface area contributed by atoms with Crippen molar-refractivity contribution in [2.24, 2.45) is 5.73 Å². The second kappa shape index (κ2) is 6.91. The summed E-state index contributed by atoms with van der Waals surface area (Å²) in [6.45, 7) is 4.00. The molecule has 5 heteroatoms. The average Bonchev–Trinajstić information content (AvgIpc) is 2.47. The van der Waals surface area contributed by atoms with Gasteiger partial charge in [0, 0.05) is 31.4 Å². The first kappa shape index (κ1) is 15.8. The topological polar surface area (TPSA) is 61.6 Å². The Morgan fingerprint density at radius 1 is 1.43 bits per heavy atom. The van der Waals surface area contributed by atoms with Crippen LogP contribution in [0, 0.1) is 0 Å². The number of anilines is 1. The molecule has 0 bridgehead atoms. The number of nitrogens with zero attached hydrogens (tertiary/aromatic N) is 2. The van der Waals surface area contributed by atoms with Crippen molar-refractivity contribution in [3.8, 4) is 0 Å². The first-order chi connectivity index (χ1) is 9.97. The molecule has 1 aromatic rings. The van der Waals surface area contributed by atoms with Gasteiger partial charge in [-0.05, 0) is 51.1 Å². The van der Waals surface area contributed by atoms with Crippen molar-refractivity contribution >= 4 is 11.7 Å². The van der Waals surface area contributed by atoms with Crippen LogP contribution in [0.25, 0.3) is 0 Å². The average molecular weight is 290 g/mol. The Morgan fingerprint density at radius 2 is 2.10 bits per heavy atom. The third-order valence-corrected chi connectivity index (χ3v) is 4.16. The largest absolute Gasteiger partial charge is 0.324 e. The van der Waals surface area contributed by atoms with Gasteiger partial charge >= 0.3 is 6.03 Å². The summed E-state index contributed by atoms with van der Waals surface area (Å²) in [5.74, 6) is 0. The molecule has 2 atom stereocenters. The van der Waals surface area contributed by atoms with E-state index in [-0.39, 0.29) is 18.1 Å². The molecule has 0 aliphatic carbocycles. The van der Waals surface area contributed by atoms with Gasteiger partial charge in [0.05, 0.1) is 0 Å². The summed E-state index contributed by atoms with van der Waals surface area (Å²) in [5, 5.41) is 2.95. The van der Waals surface area contributed by atoms with Crippen LogP contribution < -0.4 is 11.1 Å². The fraction of sp³-hybridized carbons (Fsp3) is 0.562. The molecule has 0 saturated carbocycles. The number of hydrogen-bond acceptors (Lipinski definition) is 3. The van der Waals surface area contributed by atoms with Crippen LogP contribution in [0.4, 0.5) is 10.5 Å². The highest BCUT2D eigenvalue weighted by molar-refractivity contribution is 5.89. The Bertz CT molecular complexity index is 472. The summed E-state index contributed by atoms with van der Waals surface area (Å²) in [7, 11) is 3.97. The minimum Gasteiger partial charge on any atom is -0.324 e. The third-order valence-electron chi connectivity index (χ3n) is 4.16. The number of nitrogens with two attached hydrogens (primary N) is 1. The molecule has 1 aliphatic heterocycles. The Labute approximate surface area is 127 Å². The van der Waals surface area contributed by atoms with Crippen molar-refractivity contribution in [2.45, 2.75) is 31.8 Å². The van der Waals surface area contributed by atoms with Gasteiger partial charge in [0.1, 0.15) is 0 Å². The van der Waals surface area contributed by atoms with Crippen LogP contribution in [0.2, 0.25) is 0 Å². The maximum atomic E-state index is 12.3. The van der Waals surface area contributed by atoms with Crippen LogP contribution >= 0.6 is 0 Å². The van der Waals surface area contributed by atoms with E-state index in [4.69, 9.17) is 5.73 Å². The van der Waals surface area contributed by atoms with Gasteiger partial charge in [-0.2, -0.15) is 0 Å². The quantitative estimate of drug-likeness (QED) is 0.897. The number of amides is 2. The SMILES string of the molecule is CC(N)c1ccc(NC(=O)N(C)C2CCCN(C)C2)cc1. The molecular formula is C16H26N4O. The van der Waals surface area contributed by atoms with E-state index in [0.29, 0.717) is 0 Å². The lowest BCUT2D eigenvalue weighted by Gasteiger charge is -2.35. The molecule has 3 N–H and O–H groups in total. The summed E-state index contributed by atoms with van der Waals surface area (Å²) >= 11 is 0. The minimum atomic E-state index is -0.0520. The predicted molar refractivity (Wildman–Crippen MR) is 86.3 cm³/mol. The van der Waals surface area contributed by atoms with E-state index in [2.05, 4.69) is 17.3 Å². The molecule has 5 nitrogen and oxygen atoms in total. The number of likely N-dealkylation sites (tertiary alicyclic amines) is 1. The molecule has 0 spiro atoms. The Balaban J connectivity index is 1.93. The number of hydrogen-bond donors (Lipinski definition) is 2. The zero-order valence-electron chi connectivity index (χ0n) is 13.2. The van der Waals surface area contributed by atoms with Crippen LogP contribution in [0.5, 0.6) is 0 Å². The summed E-state index contributed by atoms with van der Waals surface area (Å²) < 4.78 is 0. The number of likely N-dealkylation sites (N-methyl/N-ethyl adjacent to an activating group) is 2. The molecule has 2 rings (SSSR count). The smallest absolute Gasteiger partial charge is 0.321 e. The molecule has 0 radical (unpaired) electrons. The first-order valence-corrected chi connectivity index (χ1v) is 7.55. The normalized spacial score (nSPS) is 20.9. The van der Waals surface area contributed by atoms with Gasteiger partial charge < -0.3 is 20.9 Å². The van der Waals surface area contributed by atoms with Gasteiger partial charge in [0.2, 0.25) is 0 Å². The highest BCUT2D eigenvalue weighted by Gasteiger charge is 2.24. The molecule has 1 saturated heterocycles.